The topological polar surface area (TPSA) is 61.0 Å². The first-order valence-electron chi connectivity index (χ1n) is 9.02. The number of nitrogens with one attached hydrogen (secondary N) is 1. The van der Waals surface area contributed by atoms with Crippen molar-refractivity contribution in [3.8, 4) is 0 Å². The Morgan fingerprint density at radius 3 is 2.80 bits per heavy atom. The number of benzene rings is 1. The number of rotatable bonds is 4. The molecule has 0 spiro atoms. The summed E-state index contributed by atoms with van der Waals surface area (Å²) in [6.07, 6.45) is 1.88. The first-order valence-corrected chi connectivity index (χ1v) is 9.02. The number of hydrogen-bond acceptors (Lipinski definition) is 4. The van der Waals surface area contributed by atoms with Crippen LogP contribution in [0.2, 0.25) is 0 Å². The highest BCUT2D eigenvalue weighted by atomic mass is 16.5. The van der Waals surface area contributed by atoms with E-state index in [-0.39, 0.29) is 17.5 Å². The van der Waals surface area contributed by atoms with Gasteiger partial charge in [-0.3, -0.25) is 4.79 Å². The zero-order chi connectivity index (χ0) is 18.0. The standard InChI is InChI=1S/C20H25NO4/c1-4-24-20(23)15-6-5-7-21(11-15)12-16-10-19(22)25-18-9-14(3)13(2)8-17(16)18/h8-10,15H,4-7,11-12H2,1-3H3/p+1/t15-/m1/s1. The van der Waals surface area contributed by atoms with Crippen molar-refractivity contribution in [1.82, 2.24) is 0 Å². The molecular formula is C20H26NO4+. The lowest BCUT2D eigenvalue weighted by molar-refractivity contribution is -0.921. The van der Waals surface area contributed by atoms with Gasteiger partial charge in [0, 0.05) is 17.0 Å². The van der Waals surface area contributed by atoms with E-state index in [1.54, 1.807) is 6.07 Å². The number of quaternary nitrogens is 1. The Morgan fingerprint density at radius 2 is 2.04 bits per heavy atom. The van der Waals surface area contributed by atoms with E-state index >= 15 is 0 Å². The van der Waals surface area contributed by atoms with Gasteiger partial charge in [-0.25, -0.2) is 4.79 Å². The number of esters is 1. The van der Waals surface area contributed by atoms with Crippen molar-refractivity contribution in [1.29, 1.82) is 0 Å². The van der Waals surface area contributed by atoms with Crippen molar-refractivity contribution in [2.75, 3.05) is 19.7 Å². The number of likely N-dealkylation sites (tertiary alicyclic amines) is 1. The molecule has 1 N–H and O–H groups in total. The molecule has 1 unspecified atom stereocenters. The quantitative estimate of drug-likeness (QED) is 0.678. The van der Waals surface area contributed by atoms with Gasteiger partial charge < -0.3 is 14.1 Å². The minimum Gasteiger partial charge on any atom is -0.466 e. The summed E-state index contributed by atoms with van der Waals surface area (Å²) in [5.41, 5.74) is 3.61. The van der Waals surface area contributed by atoms with Crippen molar-refractivity contribution in [3.63, 3.8) is 0 Å². The van der Waals surface area contributed by atoms with Gasteiger partial charge in [-0.1, -0.05) is 0 Å². The molecule has 0 bridgehead atoms. The third-order valence-corrected chi connectivity index (χ3v) is 5.12. The van der Waals surface area contributed by atoms with Crippen LogP contribution in [0.1, 0.15) is 36.5 Å². The minimum absolute atomic E-state index is 0.0425. The van der Waals surface area contributed by atoms with E-state index in [0.717, 1.165) is 49.0 Å². The third kappa shape index (κ3) is 3.93. The Balaban J connectivity index is 1.86. The fraction of sp³-hybridized carbons (Fsp3) is 0.500. The first kappa shape index (κ1) is 17.7. The Bertz CT molecular complexity index is 839. The first-order chi connectivity index (χ1) is 12.0. The smallest absolute Gasteiger partial charge is 0.336 e. The summed E-state index contributed by atoms with van der Waals surface area (Å²) in [6.45, 7) is 8.82. The number of aryl methyl sites for hydroxylation is 2. The van der Waals surface area contributed by atoms with Crippen LogP contribution in [0, 0.1) is 19.8 Å². The molecule has 1 aliphatic rings. The normalized spacial score (nSPS) is 20.6. The minimum atomic E-state index is -0.316. The zero-order valence-corrected chi connectivity index (χ0v) is 15.2. The Labute approximate surface area is 147 Å². The number of carbonyl (C=O) groups is 1. The van der Waals surface area contributed by atoms with Crippen LogP contribution in [0.25, 0.3) is 11.0 Å². The maximum absolute atomic E-state index is 12.0. The van der Waals surface area contributed by atoms with Gasteiger partial charge in [0.25, 0.3) is 0 Å². The Hall–Kier alpha value is -2.14. The molecule has 5 nitrogen and oxygen atoms in total. The molecule has 1 aromatic carbocycles. The number of hydrogen-bond donors (Lipinski definition) is 1. The highest BCUT2D eigenvalue weighted by Crippen LogP contribution is 2.21. The molecule has 0 saturated carbocycles. The summed E-state index contributed by atoms with van der Waals surface area (Å²) in [7, 11) is 0. The van der Waals surface area contributed by atoms with Crippen LogP contribution >= 0.6 is 0 Å². The zero-order valence-electron chi connectivity index (χ0n) is 15.2. The lowest BCUT2D eigenvalue weighted by Gasteiger charge is -2.28. The molecule has 25 heavy (non-hydrogen) atoms. The number of piperidine rings is 1. The van der Waals surface area contributed by atoms with E-state index in [9.17, 15) is 9.59 Å². The lowest BCUT2D eigenvalue weighted by atomic mass is 9.97. The third-order valence-electron chi connectivity index (χ3n) is 5.12. The molecular weight excluding hydrogens is 318 g/mol. The van der Waals surface area contributed by atoms with E-state index in [2.05, 4.69) is 13.0 Å². The van der Waals surface area contributed by atoms with Crippen LogP contribution in [0.3, 0.4) is 0 Å². The molecule has 0 amide bonds. The monoisotopic (exact) mass is 344 g/mol. The summed E-state index contributed by atoms with van der Waals surface area (Å²) >= 11 is 0. The summed E-state index contributed by atoms with van der Waals surface area (Å²) < 4.78 is 10.6. The van der Waals surface area contributed by atoms with Crippen LogP contribution in [-0.4, -0.2) is 25.7 Å². The van der Waals surface area contributed by atoms with Crippen LogP contribution in [0.4, 0.5) is 0 Å². The van der Waals surface area contributed by atoms with Gasteiger partial charge in [0.2, 0.25) is 0 Å². The summed E-state index contributed by atoms with van der Waals surface area (Å²) in [4.78, 5) is 25.3. The van der Waals surface area contributed by atoms with Crippen LogP contribution in [-0.2, 0) is 16.1 Å². The second kappa shape index (κ2) is 7.40. The Kier molecular flexibility index (Phi) is 5.23. The van der Waals surface area contributed by atoms with E-state index in [4.69, 9.17) is 9.15 Å². The number of carbonyl (C=O) groups excluding carboxylic acids is 1. The van der Waals surface area contributed by atoms with E-state index in [1.165, 1.54) is 10.5 Å². The summed E-state index contributed by atoms with van der Waals surface area (Å²) in [5, 5.41) is 0.994. The van der Waals surface area contributed by atoms with Gasteiger partial charge in [0.1, 0.15) is 18.0 Å². The molecule has 0 aliphatic carbocycles. The van der Waals surface area contributed by atoms with Crippen LogP contribution in [0.15, 0.2) is 27.4 Å². The largest absolute Gasteiger partial charge is 0.466 e. The highest BCUT2D eigenvalue weighted by Gasteiger charge is 2.30. The van der Waals surface area contributed by atoms with Crippen molar-refractivity contribution in [3.05, 3.63) is 45.3 Å². The van der Waals surface area contributed by atoms with Gasteiger partial charge in [-0.2, -0.15) is 0 Å². The van der Waals surface area contributed by atoms with E-state index < -0.39 is 0 Å². The molecule has 1 aliphatic heterocycles. The second-order valence-corrected chi connectivity index (χ2v) is 7.00. The van der Waals surface area contributed by atoms with E-state index in [0.29, 0.717) is 12.2 Å². The maximum Gasteiger partial charge on any atom is 0.336 e. The molecule has 2 atom stereocenters. The molecule has 5 heteroatoms. The number of ether oxygens (including phenoxy) is 1. The maximum atomic E-state index is 12.0. The molecule has 134 valence electrons. The van der Waals surface area contributed by atoms with Gasteiger partial charge in [0.15, 0.2) is 0 Å². The predicted molar refractivity (Wildman–Crippen MR) is 95.7 cm³/mol. The molecule has 1 saturated heterocycles. The molecule has 0 radical (unpaired) electrons. The lowest BCUT2D eigenvalue weighted by Crippen LogP contribution is -3.12. The molecule has 2 heterocycles. The average Bonchev–Trinajstić information content (AvgIpc) is 2.57. The fourth-order valence-electron chi connectivity index (χ4n) is 3.67. The van der Waals surface area contributed by atoms with Crippen molar-refractivity contribution < 1.29 is 18.8 Å². The number of fused-ring (bicyclic) bond motifs is 1. The predicted octanol–water partition coefficient (Wildman–Crippen LogP) is 1.77. The van der Waals surface area contributed by atoms with Crippen molar-refractivity contribution >= 4 is 16.9 Å². The van der Waals surface area contributed by atoms with E-state index in [1.807, 2.05) is 19.9 Å². The van der Waals surface area contributed by atoms with Gasteiger partial charge >= 0.3 is 11.6 Å². The van der Waals surface area contributed by atoms with Gasteiger partial charge in [-0.05, 0) is 56.9 Å². The fourth-order valence-corrected chi connectivity index (χ4v) is 3.67. The average molecular weight is 344 g/mol. The second-order valence-electron chi connectivity index (χ2n) is 7.00. The van der Waals surface area contributed by atoms with Crippen LogP contribution in [0.5, 0.6) is 0 Å². The molecule has 1 aromatic heterocycles. The summed E-state index contributed by atoms with van der Waals surface area (Å²) in [5.74, 6) is -0.136. The molecule has 2 aromatic rings. The van der Waals surface area contributed by atoms with Crippen molar-refractivity contribution in [2.45, 2.75) is 40.2 Å². The van der Waals surface area contributed by atoms with Gasteiger partial charge in [-0.15, -0.1) is 0 Å². The SMILES string of the molecule is CCOC(=O)[C@@H]1CCC[NH+](Cc2cc(=O)oc3cc(C)c(C)cc23)C1. The van der Waals surface area contributed by atoms with Crippen molar-refractivity contribution in [2.24, 2.45) is 5.92 Å². The van der Waals surface area contributed by atoms with Gasteiger partial charge in [0.05, 0.1) is 19.7 Å². The molecule has 1 fully saturated rings. The Morgan fingerprint density at radius 1 is 1.28 bits per heavy atom. The summed E-state index contributed by atoms with van der Waals surface area (Å²) in [6, 6.07) is 5.62. The molecule has 3 rings (SSSR count). The highest BCUT2D eigenvalue weighted by molar-refractivity contribution is 5.81. The van der Waals surface area contributed by atoms with Crippen LogP contribution < -0.4 is 10.5 Å².